The van der Waals surface area contributed by atoms with Crippen LogP contribution in [0.25, 0.3) is 5.76 Å². The van der Waals surface area contributed by atoms with Crippen molar-refractivity contribution in [2.24, 2.45) is 0 Å². The van der Waals surface area contributed by atoms with Gasteiger partial charge in [-0.1, -0.05) is 26.0 Å². The molecule has 0 aliphatic carbocycles. The van der Waals surface area contributed by atoms with Crippen molar-refractivity contribution < 1.29 is 24.5 Å². The number of aliphatic hydroxyl groups is 1. The van der Waals surface area contributed by atoms with E-state index >= 15 is 0 Å². The molecule has 3 rings (SSSR count). The first kappa shape index (κ1) is 25.3. The normalized spacial score (nSPS) is 17.8. The molecule has 0 aromatic heterocycles. The molecular formula is C27H34N2O5. The summed E-state index contributed by atoms with van der Waals surface area (Å²) >= 11 is 0. The van der Waals surface area contributed by atoms with E-state index in [-0.39, 0.29) is 23.0 Å². The number of methoxy groups -OCH3 is 1. The molecule has 2 aromatic rings. The predicted octanol–water partition coefficient (Wildman–Crippen LogP) is 4.21. The third-order valence-corrected chi connectivity index (χ3v) is 6.18. The van der Waals surface area contributed by atoms with Crippen LogP contribution in [0.5, 0.6) is 11.5 Å². The van der Waals surface area contributed by atoms with Gasteiger partial charge >= 0.3 is 0 Å². The standard InChI is InChI=1S/C27H34N2O5/c1-16(2)20-15-21(17(3)13-22(20)34-6)25(31)23-24(18-9-7-10-19(30)14-18)29(27(33)26(23)32)12-8-11-28(4)5/h7,9-10,13-16,24,30-31H,8,11-12H2,1-6H3/b25-23+. The van der Waals surface area contributed by atoms with Crippen molar-refractivity contribution in [2.45, 2.75) is 39.2 Å². The fraction of sp³-hybridized carbons (Fsp3) is 0.407. The van der Waals surface area contributed by atoms with E-state index in [0.29, 0.717) is 29.8 Å². The monoisotopic (exact) mass is 466 g/mol. The van der Waals surface area contributed by atoms with Gasteiger partial charge in [0, 0.05) is 12.1 Å². The molecule has 1 amide bonds. The first-order valence-electron chi connectivity index (χ1n) is 11.5. The molecular weight excluding hydrogens is 432 g/mol. The third-order valence-electron chi connectivity index (χ3n) is 6.18. The maximum absolute atomic E-state index is 13.2. The van der Waals surface area contributed by atoms with Crippen molar-refractivity contribution in [3.05, 3.63) is 64.2 Å². The van der Waals surface area contributed by atoms with Gasteiger partial charge in [-0.2, -0.15) is 0 Å². The number of aromatic hydroxyl groups is 1. The molecule has 7 nitrogen and oxygen atoms in total. The number of benzene rings is 2. The molecule has 1 heterocycles. The van der Waals surface area contributed by atoms with Gasteiger partial charge in [-0.3, -0.25) is 9.59 Å². The van der Waals surface area contributed by atoms with Crippen LogP contribution in [-0.4, -0.2) is 66.0 Å². The largest absolute Gasteiger partial charge is 0.508 e. The van der Waals surface area contributed by atoms with Crippen molar-refractivity contribution >= 4 is 17.4 Å². The zero-order chi connectivity index (χ0) is 25.2. The number of hydrogen-bond acceptors (Lipinski definition) is 6. The molecule has 1 aliphatic rings. The van der Waals surface area contributed by atoms with E-state index in [0.717, 1.165) is 17.7 Å². The molecule has 1 unspecified atom stereocenters. The average molecular weight is 467 g/mol. The second-order valence-corrected chi connectivity index (χ2v) is 9.31. The third kappa shape index (κ3) is 4.94. The number of phenols is 1. The Labute approximate surface area is 201 Å². The highest BCUT2D eigenvalue weighted by molar-refractivity contribution is 6.46. The number of likely N-dealkylation sites (tertiary alicyclic amines) is 1. The Morgan fingerprint density at radius 1 is 1.18 bits per heavy atom. The van der Waals surface area contributed by atoms with Crippen molar-refractivity contribution in [1.82, 2.24) is 9.80 Å². The van der Waals surface area contributed by atoms with Crippen LogP contribution in [0.2, 0.25) is 0 Å². The Kier molecular flexibility index (Phi) is 7.67. The minimum Gasteiger partial charge on any atom is -0.508 e. The molecule has 0 radical (unpaired) electrons. The van der Waals surface area contributed by atoms with E-state index in [1.807, 2.05) is 51.9 Å². The molecule has 1 saturated heterocycles. The number of nitrogens with zero attached hydrogens (tertiary/aromatic N) is 2. The van der Waals surface area contributed by atoms with Gasteiger partial charge in [0.25, 0.3) is 11.7 Å². The second kappa shape index (κ2) is 10.3. The summed E-state index contributed by atoms with van der Waals surface area (Å²) in [7, 11) is 5.49. The average Bonchev–Trinajstić information content (AvgIpc) is 3.03. The van der Waals surface area contributed by atoms with Crippen molar-refractivity contribution in [1.29, 1.82) is 0 Å². The van der Waals surface area contributed by atoms with Crippen LogP contribution >= 0.6 is 0 Å². The quantitative estimate of drug-likeness (QED) is 0.344. The molecule has 1 fully saturated rings. The number of aliphatic hydroxyl groups excluding tert-OH is 1. The highest BCUT2D eigenvalue weighted by Crippen LogP contribution is 2.42. The molecule has 1 atom stereocenters. The Bertz CT molecular complexity index is 1120. The lowest BCUT2D eigenvalue weighted by atomic mass is 9.91. The van der Waals surface area contributed by atoms with Crippen LogP contribution in [0.4, 0.5) is 0 Å². The lowest BCUT2D eigenvalue weighted by Gasteiger charge is -2.26. The summed E-state index contributed by atoms with van der Waals surface area (Å²) in [6, 6.07) is 9.35. The Morgan fingerprint density at radius 2 is 1.88 bits per heavy atom. The van der Waals surface area contributed by atoms with Gasteiger partial charge in [0.15, 0.2) is 0 Å². The Morgan fingerprint density at radius 3 is 2.47 bits per heavy atom. The number of Topliss-reactive ketones (excluding diaryl/α,β-unsaturated/α-hetero) is 1. The number of hydrogen-bond donors (Lipinski definition) is 2. The lowest BCUT2D eigenvalue weighted by Crippen LogP contribution is -2.32. The number of ether oxygens (including phenoxy) is 1. The number of carbonyl (C=O) groups is 2. The van der Waals surface area contributed by atoms with Crippen molar-refractivity contribution in [3.8, 4) is 11.5 Å². The smallest absolute Gasteiger partial charge is 0.295 e. The minimum atomic E-state index is -0.793. The van der Waals surface area contributed by atoms with Gasteiger partial charge < -0.3 is 24.7 Å². The Hall–Kier alpha value is -3.32. The van der Waals surface area contributed by atoms with Gasteiger partial charge in [0.1, 0.15) is 17.3 Å². The summed E-state index contributed by atoms with van der Waals surface area (Å²) in [6.45, 7) is 6.96. The van der Waals surface area contributed by atoms with Crippen molar-refractivity contribution in [2.75, 3.05) is 34.3 Å². The summed E-state index contributed by atoms with van der Waals surface area (Å²) in [4.78, 5) is 29.8. The van der Waals surface area contributed by atoms with Crippen LogP contribution in [0.15, 0.2) is 42.0 Å². The molecule has 0 bridgehead atoms. The molecule has 34 heavy (non-hydrogen) atoms. The molecule has 2 N–H and O–H groups in total. The molecule has 7 heteroatoms. The van der Waals surface area contributed by atoms with E-state index in [1.165, 1.54) is 17.0 Å². The summed E-state index contributed by atoms with van der Waals surface area (Å²) < 4.78 is 5.51. The summed E-state index contributed by atoms with van der Waals surface area (Å²) in [6.07, 6.45) is 0.661. The first-order chi connectivity index (χ1) is 16.1. The van der Waals surface area contributed by atoms with Gasteiger partial charge in [0.2, 0.25) is 0 Å². The zero-order valence-corrected chi connectivity index (χ0v) is 20.8. The van der Waals surface area contributed by atoms with E-state index in [1.54, 1.807) is 19.2 Å². The fourth-order valence-electron chi connectivity index (χ4n) is 4.44. The summed E-state index contributed by atoms with van der Waals surface area (Å²) in [5.41, 5.74) is 2.71. The second-order valence-electron chi connectivity index (χ2n) is 9.31. The Balaban J connectivity index is 2.20. The van der Waals surface area contributed by atoms with Gasteiger partial charge in [-0.15, -0.1) is 0 Å². The van der Waals surface area contributed by atoms with E-state index in [2.05, 4.69) is 0 Å². The fourth-order valence-corrected chi connectivity index (χ4v) is 4.44. The first-order valence-corrected chi connectivity index (χ1v) is 11.5. The van der Waals surface area contributed by atoms with Crippen LogP contribution in [0, 0.1) is 6.92 Å². The van der Waals surface area contributed by atoms with Crippen molar-refractivity contribution in [3.63, 3.8) is 0 Å². The number of carbonyl (C=O) groups excluding carboxylic acids is 2. The summed E-state index contributed by atoms with van der Waals surface area (Å²) in [5.74, 6) is -0.737. The maximum atomic E-state index is 13.2. The van der Waals surface area contributed by atoms with E-state index in [9.17, 15) is 19.8 Å². The topological polar surface area (TPSA) is 90.3 Å². The van der Waals surface area contributed by atoms with Crippen LogP contribution < -0.4 is 4.74 Å². The van der Waals surface area contributed by atoms with Crippen LogP contribution in [0.3, 0.4) is 0 Å². The van der Waals surface area contributed by atoms with E-state index < -0.39 is 17.7 Å². The highest BCUT2D eigenvalue weighted by atomic mass is 16.5. The number of rotatable bonds is 8. The molecule has 2 aromatic carbocycles. The molecule has 0 spiro atoms. The van der Waals surface area contributed by atoms with Gasteiger partial charge in [-0.25, -0.2) is 0 Å². The molecule has 1 aliphatic heterocycles. The zero-order valence-electron chi connectivity index (χ0n) is 20.8. The molecule has 182 valence electrons. The number of aryl methyl sites for hydroxylation is 1. The van der Waals surface area contributed by atoms with Crippen LogP contribution in [-0.2, 0) is 9.59 Å². The molecule has 0 saturated carbocycles. The van der Waals surface area contributed by atoms with Crippen LogP contribution in [0.1, 0.15) is 54.5 Å². The SMILES string of the molecule is COc1cc(C)c(/C(O)=C2\C(=O)C(=O)N(CCCN(C)C)C2c2cccc(O)c2)cc1C(C)C. The van der Waals surface area contributed by atoms with Gasteiger partial charge in [0.05, 0.1) is 18.7 Å². The maximum Gasteiger partial charge on any atom is 0.295 e. The number of amides is 1. The highest BCUT2D eigenvalue weighted by Gasteiger charge is 2.46. The van der Waals surface area contributed by atoms with E-state index in [4.69, 9.17) is 4.74 Å². The summed E-state index contributed by atoms with van der Waals surface area (Å²) in [5, 5.41) is 21.6. The number of ketones is 1. The predicted molar refractivity (Wildman–Crippen MR) is 132 cm³/mol. The van der Waals surface area contributed by atoms with Gasteiger partial charge in [-0.05, 0) is 80.9 Å². The minimum absolute atomic E-state index is 0.0269. The number of phenolic OH excluding ortho intramolecular Hbond substituents is 1. The lowest BCUT2D eigenvalue weighted by molar-refractivity contribution is -0.139.